The topological polar surface area (TPSA) is 98.5 Å². The van der Waals surface area contributed by atoms with Crippen LogP contribution in [-0.4, -0.2) is 36.9 Å². The molecule has 6 heteroatoms. The van der Waals surface area contributed by atoms with Gasteiger partial charge in [0.1, 0.15) is 11.6 Å². The molecule has 0 saturated heterocycles. The van der Waals surface area contributed by atoms with Crippen LogP contribution in [0.1, 0.15) is 79.6 Å². The van der Waals surface area contributed by atoms with Gasteiger partial charge in [-0.15, -0.1) is 0 Å². The number of hydrogen-bond acceptors (Lipinski definition) is 5. The van der Waals surface area contributed by atoms with Gasteiger partial charge in [-0.05, 0) is 37.5 Å². The second-order valence-corrected chi connectivity index (χ2v) is 8.46. The maximum Gasteiger partial charge on any atom is 0.407 e. The fourth-order valence-corrected chi connectivity index (χ4v) is 2.25. The number of hydrogen-bond donors (Lipinski definition) is 2. The number of ketones is 2. The van der Waals surface area contributed by atoms with E-state index < -0.39 is 12.1 Å². The second-order valence-electron chi connectivity index (χ2n) is 8.46. The van der Waals surface area contributed by atoms with Crippen LogP contribution >= 0.6 is 0 Å². The van der Waals surface area contributed by atoms with Crippen LogP contribution in [0.2, 0.25) is 0 Å². The Morgan fingerprint density at radius 2 is 1.54 bits per heavy atom. The highest BCUT2D eigenvalue weighted by molar-refractivity contribution is 5.84. The molecule has 0 aromatic rings. The summed E-state index contributed by atoms with van der Waals surface area (Å²) in [6, 6.07) is -0.455. The van der Waals surface area contributed by atoms with Gasteiger partial charge in [-0.1, -0.05) is 34.6 Å². The van der Waals surface area contributed by atoms with E-state index in [1.165, 1.54) is 0 Å². The summed E-state index contributed by atoms with van der Waals surface area (Å²) in [6.45, 7) is 10.7. The van der Waals surface area contributed by atoms with Crippen LogP contribution in [-0.2, 0) is 14.3 Å². The molecule has 0 spiro atoms. The second kappa shape index (κ2) is 12.8. The van der Waals surface area contributed by atoms with E-state index in [0.29, 0.717) is 38.8 Å². The van der Waals surface area contributed by atoms with Gasteiger partial charge in [-0.3, -0.25) is 9.59 Å². The van der Waals surface area contributed by atoms with Crippen LogP contribution in [0.15, 0.2) is 0 Å². The average molecular weight is 371 g/mol. The van der Waals surface area contributed by atoms with Gasteiger partial charge < -0.3 is 15.8 Å². The van der Waals surface area contributed by atoms with Crippen molar-refractivity contribution in [3.8, 4) is 0 Å². The fraction of sp³-hybridized carbons (Fsp3) is 0.850. The van der Waals surface area contributed by atoms with Crippen molar-refractivity contribution in [1.82, 2.24) is 5.32 Å². The maximum atomic E-state index is 12.0. The monoisotopic (exact) mass is 370 g/mol. The summed E-state index contributed by atoms with van der Waals surface area (Å²) in [5.74, 6) is 0.363. The number of carbonyl (C=O) groups excluding carboxylic acids is 3. The molecule has 1 atom stereocenters. The molecule has 0 saturated carbocycles. The summed E-state index contributed by atoms with van der Waals surface area (Å²) < 4.78 is 5.11. The maximum absolute atomic E-state index is 12.0. The molecule has 1 amide bonds. The highest BCUT2D eigenvalue weighted by Gasteiger charge is 2.15. The van der Waals surface area contributed by atoms with E-state index in [0.717, 1.165) is 19.3 Å². The van der Waals surface area contributed by atoms with Crippen LogP contribution in [0.25, 0.3) is 0 Å². The Hall–Kier alpha value is -1.43. The Morgan fingerprint density at radius 3 is 2.08 bits per heavy atom. The minimum Gasteiger partial charge on any atom is -0.449 e. The molecule has 0 rings (SSSR count). The van der Waals surface area contributed by atoms with E-state index in [-0.39, 0.29) is 22.9 Å². The van der Waals surface area contributed by atoms with Gasteiger partial charge in [0.05, 0.1) is 12.6 Å². The Bertz CT molecular complexity index is 442. The van der Waals surface area contributed by atoms with Gasteiger partial charge in [-0.25, -0.2) is 4.79 Å². The smallest absolute Gasteiger partial charge is 0.407 e. The molecule has 0 bridgehead atoms. The Kier molecular flexibility index (Phi) is 12.1. The molecular weight excluding hydrogens is 332 g/mol. The number of ether oxygens (including phenoxy) is 1. The number of carbonyl (C=O) groups is 3. The van der Waals surface area contributed by atoms with Crippen LogP contribution in [0, 0.1) is 11.3 Å². The van der Waals surface area contributed by atoms with Crippen LogP contribution in [0.3, 0.4) is 0 Å². The van der Waals surface area contributed by atoms with Gasteiger partial charge >= 0.3 is 6.09 Å². The Balaban J connectivity index is 3.69. The molecule has 0 aliphatic carbocycles. The number of nitrogens with one attached hydrogen (secondary N) is 1. The average Bonchev–Trinajstić information content (AvgIpc) is 2.55. The first kappa shape index (κ1) is 24.6. The first-order chi connectivity index (χ1) is 12.0. The van der Waals surface area contributed by atoms with Crippen molar-refractivity contribution in [3.63, 3.8) is 0 Å². The van der Waals surface area contributed by atoms with E-state index in [9.17, 15) is 14.4 Å². The minimum atomic E-state index is -0.455. The molecule has 0 radical (unpaired) electrons. The van der Waals surface area contributed by atoms with Crippen LogP contribution in [0.5, 0.6) is 0 Å². The zero-order valence-corrected chi connectivity index (χ0v) is 17.2. The molecule has 0 aliphatic rings. The van der Waals surface area contributed by atoms with E-state index in [2.05, 4.69) is 5.32 Å². The van der Waals surface area contributed by atoms with Crippen LogP contribution in [0.4, 0.5) is 4.79 Å². The predicted molar refractivity (Wildman–Crippen MR) is 104 cm³/mol. The largest absolute Gasteiger partial charge is 0.449 e. The Morgan fingerprint density at radius 1 is 0.962 bits per heavy atom. The molecule has 1 unspecified atom stereocenters. The number of rotatable bonds is 13. The van der Waals surface area contributed by atoms with Gasteiger partial charge in [0.2, 0.25) is 0 Å². The number of alkyl carbamates (subject to hydrolysis) is 1. The van der Waals surface area contributed by atoms with E-state index in [1.807, 2.05) is 34.6 Å². The van der Waals surface area contributed by atoms with Crippen LogP contribution < -0.4 is 11.1 Å². The zero-order chi connectivity index (χ0) is 20.2. The molecule has 26 heavy (non-hydrogen) atoms. The summed E-state index contributed by atoms with van der Waals surface area (Å²) in [5.41, 5.74) is 5.87. The van der Waals surface area contributed by atoms with Gasteiger partial charge in [0, 0.05) is 25.3 Å². The third kappa shape index (κ3) is 13.8. The van der Waals surface area contributed by atoms with Crippen molar-refractivity contribution in [2.45, 2.75) is 85.6 Å². The van der Waals surface area contributed by atoms with Crippen molar-refractivity contribution in [2.75, 3.05) is 13.2 Å². The minimum absolute atomic E-state index is 0.0491. The first-order valence-corrected chi connectivity index (χ1v) is 9.74. The van der Waals surface area contributed by atoms with Crippen molar-refractivity contribution in [1.29, 1.82) is 0 Å². The fourth-order valence-electron chi connectivity index (χ4n) is 2.25. The lowest BCUT2D eigenvalue weighted by Gasteiger charge is -2.18. The van der Waals surface area contributed by atoms with Crippen molar-refractivity contribution in [3.05, 3.63) is 0 Å². The van der Waals surface area contributed by atoms with E-state index >= 15 is 0 Å². The zero-order valence-electron chi connectivity index (χ0n) is 17.2. The van der Waals surface area contributed by atoms with Crippen molar-refractivity contribution >= 4 is 17.7 Å². The van der Waals surface area contributed by atoms with Gasteiger partial charge in [0.25, 0.3) is 0 Å². The first-order valence-electron chi connectivity index (χ1n) is 9.74. The summed E-state index contributed by atoms with van der Waals surface area (Å²) in [5, 5.41) is 2.70. The van der Waals surface area contributed by atoms with E-state index in [1.54, 1.807) is 0 Å². The van der Waals surface area contributed by atoms with Gasteiger partial charge in [0.15, 0.2) is 0 Å². The van der Waals surface area contributed by atoms with Crippen molar-refractivity contribution < 1.29 is 19.1 Å². The lowest BCUT2D eigenvalue weighted by Crippen LogP contribution is -2.31. The summed E-state index contributed by atoms with van der Waals surface area (Å²) in [4.78, 5) is 35.0. The predicted octanol–water partition coefficient (Wildman–Crippen LogP) is 3.61. The van der Waals surface area contributed by atoms with Crippen molar-refractivity contribution in [2.24, 2.45) is 17.1 Å². The molecule has 6 nitrogen and oxygen atoms in total. The lowest BCUT2D eigenvalue weighted by atomic mass is 9.99. The molecular formula is C20H38N2O4. The van der Waals surface area contributed by atoms with E-state index in [4.69, 9.17) is 10.5 Å². The molecule has 0 heterocycles. The normalized spacial score (nSPS) is 12.7. The third-order valence-electron chi connectivity index (χ3n) is 4.00. The highest BCUT2D eigenvalue weighted by Crippen LogP contribution is 2.12. The molecule has 152 valence electrons. The molecule has 0 fully saturated rings. The summed E-state index contributed by atoms with van der Waals surface area (Å²) in [6.07, 6.45) is 4.18. The molecule has 0 aliphatic heterocycles. The lowest BCUT2D eigenvalue weighted by molar-refractivity contribution is -0.123. The number of unbranched alkanes of at least 4 members (excludes halogenated alkanes) is 2. The highest BCUT2D eigenvalue weighted by atomic mass is 16.5. The molecule has 0 aromatic heterocycles. The SMILES string of the molecule is CC(C)C(=O)CCCCC(=O)C(N)CCCCNC(=O)OCC(C)(C)C. The quantitative estimate of drug-likeness (QED) is 0.483. The third-order valence-corrected chi connectivity index (χ3v) is 4.00. The molecule has 0 aromatic carbocycles. The summed E-state index contributed by atoms with van der Waals surface area (Å²) in [7, 11) is 0. The molecule has 3 N–H and O–H groups in total. The number of Topliss-reactive ketones (excluding diaryl/α,β-unsaturated/α-hetero) is 2. The number of nitrogens with two attached hydrogens (primary N) is 1. The Labute approximate surface area is 158 Å². The number of amides is 1. The summed E-state index contributed by atoms with van der Waals surface area (Å²) >= 11 is 0. The van der Waals surface area contributed by atoms with Gasteiger partial charge in [-0.2, -0.15) is 0 Å². The standard InChI is InChI=1S/C20H38N2O4/c1-15(2)17(23)11-6-7-12-18(24)16(21)10-8-9-13-22-19(25)26-14-20(3,4)5/h15-16H,6-14,21H2,1-5H3,(H,22,25).